The molecule has 0 aromatic rings. The molecule has 1 rings (SSSR count). The van der Waals surface area contributed by atoms with Gasteiger partial charge in [0, 0.05) is 0 Å². The second-order valence-electron chi connectivity index (χ2n) is 3.22. The van der Waals surface area contributed by atoms with Gasteiger partial charge < -0.3 is 5.32 Å². The Morgan fingerprint density at radius 2 is 2.31 bits per heavy atom. The highest BCUT2D eigenvalue weighted by Gasteiger charge is 2.40. The third-order valence-electron chi connectivity index (χ3n) is 1.66. The Morgan fingerprint density at radius 1 is 1.69 bits per heavy atom. The number of amides is 1. The van der Waals surface area contributed by atoms with Gasteiger partial charge in [0.15, 0.2) is 0 Å². The topological polar surface area (TPSA) is 72.5 Å². The van der Waals surface area contributed by atoms with Crippen molar-refractivity contribution in [1.29, 1.82) is 0 Å². The Kier molecular flexibility index (Phi) is 2.44. The molecule has 0 aliphatic carbocycles. The minimum absolute atomic E-state index is 0.0189. The molecule has 0 aromatic heterocycles. The average Bonchev–Trinajstić information content (AvgIpc) is 2.25. The van der Waals surface area contributed by atoms with E-state index in [0.717, 1.165) is 6.08 Å². The molecule has 6 heteroatoms. The first-order chi connectivity index (χ1) is 5.87. The van der Waals surface area contributed by atoms with E-state index in [-0.39, 0.29) is 12.4 Å². The van der Waals surface area contributed by atoms with Crippen LogP contribution >= 0.6 is 0 Å². The maximum absolute atomic E-state index is 10.9. The van der Waals surface area contributed by atoms with Gasteiger partial charge in [0.25, 0.3) is 10.1 Å². The molecule has 1 N–H and O–H groups in total. The van der Waals surface area contributed by atoms with Crippen LogP contribution in [0.3, 0.4) is 0 Å². The summed E-state index contributed by atoms with van der Waals surface area (Å²) in [5, 5.41) is 2.50. The first-order valence-corrected chi connectivity index (χ1v) is 5.26. The van der Waals surface area contributed by atoms with Crippen LogP contribution in [0.1, 0.15) is 6.92 Å². The van der Waals surface area contributed by atoms with Crippen molar-refractivity contribution in [3.8, 4) is 0 Å². The summed E-state index contributed by atoms with van der Waals surface area (Å²) in [6.45, 7) is 4.86. The molecule has 0 radical (unpaired) electrons. The van der Waals surface area contributed by atoms with E-state index >= 15 is 0 Å². The fourth-order valence-corrected chi connectivity index (χ4v) is 2.57. The van der Waals surface area contributed by atoms with Crippen LogP contribution in [0.15, 0.2) is 12.7 Å². The number of hydrogen-bond donors (Lipinski definition) is 1. The molecular weight excluding hydrogens is 194 g/mol. The summed E-state index contributed by atoms with van der Waals surface area (Å²) in [6.07, 6.45) is 1.09. The van der Waals surface area contributed by atoms with Crippen molar-refractivity contribution >= 4 is 16.0 Å². The minimum Gasteiger partial charge on any atom is -0.344 e. The van der Waals surface area contributed by atoms with Crippen LogP contribution in [0.25, 0.3) is 0 Å². The molecule has 0 saturated carbocycles. The Labute approximate surface area is 76.9 Å². The third kappa shape index (κ3) is 2.53. The van der Waals surface area contributed by atoms with Crippen molar-refractivity contribution in [2.24, 2.45) is 0 Å². The van der Waals surface area contributed by atoms with Gasteiger partial charge in [-0.25, -0.2) is 0 Å². The molecule has 74 valence electrons. The van der Waals surface area contributed by atoms with Crippen LogP contribution < -0.4 is 5.32 Å². The van der Waals surface area contributed by atoms with E-state index in [2.05, 4.69) is 16.1 Å². The third-order valence-corrected chi connectivity index (χ3v) is 3.13. The van der Waals surface area contributed by atoms with Crippen molar-refractivity contribution in [2.45, 2.75) is 12.5 Å². The van der Waals surface area contributed by atoms with E-state index in [1.165, 1.54) is 0 Å². The van der Waals surface area contributed by atoms with Gasteiger partial charge in [-0.05, 0) is 13.0 Å². The molecular formula is C7H11NO4S. The molecule has 1 amide bonds. The van der Waals surface area contributed by atoms with Crippen molar-refractivity contribution in [3.05, 3.63) is 12.7 Å². The lowest BCUT2D eigenvalue weighted by atomic mass is 10.1. The Bertz CT molecular complexity index is 334. The van der Waals surface area contributed by atoms with Gasteiger partial charge in [-0.3, -0.25) is 8.98 Å². The number of nitrogens with one attached hydrogen (secondary N) is 1. The summed E-state index contributed by atoms with van der Waals surface area (Å²) in [7, 11) is -3.46. The molecule has 1 atom stereocenters. The first-order valence-electron chi connectivity index (χ1n) is 3.69. The maximum Gasteiger partial charge on any atom is 0.269 e. The molecule has 1 heterocycles. The number of carbonyl (C=O) groups is 1. The van der Waals surface area contributed by atoms with Crippen LogP contribution in [-0.2, 0) is 19.1 Å². The standard InChI is InChI=1S/C7H11NO4S/c1-3-6(9)8-7(2)4-12-13(10,11)5-7/h3H,1,4-5H2,2H3,(H,8,9). The van der Waals surface area contributed by atoms with Crippen LogP contribution in [0.2, 0.25) is 0 Å². The summed E-state index contributed by atoms with van der Waals surface area (Å²) >= 11 is 0. The summed E-state index contributed by atoms with van der Waals surface area (Å²) in [6, 6.07) is 0. The monoisotopic (exact) mass is 205 g/mol. The van der Waals surface area contributed by atoms with Gasteiger partial charge >= 0.3 is 0 Å². The van der Waals surface area contributed by atoms with Crippen LogP contribution in [-0.4, -0.2) is 32.2 Å². The first kappa shape index (κ1) is 10.2. The van der Waals surface area contributed by atoms with Gasteiger partial charge in [0.05, 0.1) is 12.1 Å². The largest absolute Gasteiger partial charge is 0.344 e. The normalized spacial score (nSPS) is 31.2. The van der Waals surface area contributed by atoms with Gasteiger partial charge in [0.2, 0.25) is 5.91 Å². The lowest BCUT2D eigenvalue weighted by Crippen LogP contribution is -2.48. The fourth-order valence-electron chi connectivity index (χ4n) is 1.11. The minimum atomic E-state index is -3.46. The molecule has 13 heavy (non-hydrogen) atoms. The van der Waals surface area contributed by atoms with E-state index in [4.69, 9.17) is 0 Å². The summed E-state index contributed by atoms with van der Waals surface area (Å²) in [5.41, 5.74) is -0.829. The highest BCUT2D eigenvalue weighted by molar-refractivity contribution is 7.87. The van der Waals surface area contributed by atoms with Crippen molar-refractivity contribution in [1.82, 2.24) is 5.32 Å². The van der Waals surface area contributed by atoms with Crippen LogP contribution in [0, 0.1) is 0 Å². The summed E-state index contributed by atoms with van der Waals surface area (Å²) in [4.78, 5) is 10.9. The molecule has 1 saturated heterocycles. The van der Waals surface area contributed by atoms with Gasteiger partial charge in [-0.2, -0.15) is 8.42 Å². The second kappa shape index (κ2) is 3.12. The lowest BCUT2D eigenvalue weighted by Gasteiger charge is -2.20. The SMILES string of the molecule is C=CC(=O)NC1(C)COS(=O)(=O)C1. The number of hydrogen-bond acceptors (Lipinski definition) is 4. The van der Waals surface area contributed by atoms with E-state index in [1.807, 2.05) is 0 Å². The van der Waals surface area contributed by atoms with Gasteiger partial charge in [-0.15, -0.1) is 0 Å². The molecule has 1 aliphatic rings. The van der Waals surface area contributed by atoms with Crippen molar-refractivity contribution in [2.75, 3.05) is 12.4 Å². The van der Waals surface area contributed by atoms with E-state index in [1.54, 1.807) is 6.92 Å². The lowest BCUT2D eigenvalue weighted by molar-refractivity contribution is -0.118. The molecule has 0 bridgehead atoms. The Hall–Kier alpha value is -0.880. The van der Waals surface area contributed by atoms with Gasteiger partial charge in [0.1, 0.15) is 5.75 Å². The average molecular weight is 205 g/mol. The zero-order valence-electron chi connectivity index (χ0n) is 7.24. The molecule has 1 aliphatic heterocycles. The molecule has 0 aromatic carbocycles. The molecule has 1 fully saturated rings. The van der Waals surface area contributed by atoms with Crippen molar-refractivity contribution < 1.29 is 17.4 Å². The van der Waals surface area contributed by atoms with E-state index in [9.17, 15) is 13.2 Å². The fraction of sp³-hybridized carbons (Fsp3) is 0.571. The van der Waals surface area contributed by atoms with E-state index in [0.29, 0.717) is 0 Å². The predicted molar refractivity (Wildman–Crippen MR) is 46.5 cm³/mol. The van der Waals surface area contributed by atoms with Crippen molar-refractivity contribution in [3.63, 3.8) is 0 Å². The number of rotatable bonds is 2. The summed E-state index contributed by atoms with van der Waals surface area (Å²) < 4.78 is 26.4. The zero-order chi connectivity index (χ0) is 10.1. The maximum atomic E-state index is 10.9. The molecule has 1 unspecified atom stereocenters. The highest BCUT2D eigenvalue weighted by atomic mass is 32.2. The smallest absolute Gasteiger partial charge is 0.269 e. The van der Waals surface area contributed by atoms with Crippen LogP contribution in [0.5, 0.6) is 0 Å². The molecule has 0 spiro atoms. The molecule has 5 nitrogen and oxygen atoms in total. The Balaban J connectivity index is 2.70. The second-order valence-corrected chi connectivity index (χ2v) is 4.86. The van der Waals surface area contributed by atoms with E-state index < -0.39 is 21.6 Å². The quantitative estimate of drug-likeness (QED) is 0.483. The zero-order valence-corrected chi connectivity index (χ0v) is 8.06. The predicted octanol–water partition coefficient (Wildman–Crippen LogP) is -0.593. The van der Waals surface area contributed by atoms with Crippen LogP contribution in [0.4, 0.5) is 0 Å². The summed E-state index contributed by atoms with van der Waals surface area (Å²) in [5.74, 6) is -0.595. The number of carbonyl (C=O) groups excluding carboxylic acids is 1. The van der Waals surface area contributed by atoms with Gasteiger partial charge in [-0.1, -0.05) is 6.58 Å². The highest BCUT2D eigenvalue weighted by Crippen LogP contribution is 2.18. The Morgan fingerprint density at radius 3 is 2.69 bits per heavy atom.